The molecule has 4 N–H and O–H groups in total. The smallest absolute Gasteiger partial charge is 0.243 e. The van der Waals surface area contributed by atoms with E-state index in [0.29, 0.717) is 17.4 Å². The number of sulfonamides is 1. The Labute approximate surface area is 197 Å². The van der Waals surface area contributed by atoms with Crippen LogP contribution < -0.4 is 16.4 Å². The lowest BCUT2D eigenvalue weighted by atomic mass is 9.65. The highest BCUT2D eigenvalue weighted by Crippen LogP contribution is 2.53. The molecule has 2 heterocycles. The van der Waals surface area contributed by atoms with Crippen LogP contribution in [0.1, 0.15) is 72.1 Å². The van der Waals surface area contributed by atoms with E-state index in [4.69, 9.17) is 16.5 Å². The summed E-state index contributed by atoms with van der Waals surface area (Å²) in [6.45, 7) is 7.33. The van der Waals surface area contributed by atoms with Crippen molar-refractivity contribution >= 4 is 27.6 Å². The molecule has 1 spiro atoms. The van der Waals surface area contributed by atoms with Gasteiger partial charge in [-0.05, 0) is 80.0 Å². The van der Waals surface area contributed by atoms with Crippen LogP contribution in [-0.4, -0.2) is 42.9 Å². The Morgan fingerprint density at radius 3 is 2.33 bits per heavy atom. The van der Waals surface area contributed by atoms with E-state index < -0.39 is 15.7 Å². The maximum atomic E-state index is 13.6. The molecule has 2 atom stereocenters. The maximum absolute atomic E-state index is 13.6. The molecule has 33 heavy (non-hydrogen) atoms. The quantitative estimate of drug-likeness (QED) is 0.699. The van der Waals surface area contributed by atoms with Gasteiger partial charge >= 0.3 is 0 Å². The van der Waals surface area contributed by atoms with Crippen LogP contribution in [0.15, 0.2) is 39.1 Å². The van der Waals surface area contributed by atoms with Gasteiger partial charge < -0.3 is 11.5 Å². The van der Waals surface area contributed by atoms with Gasteiger partial charge in [-0.25, -0.2) is 13.4 Å². The minimum Gasteiger partial charge on any atom is -0.369 e. The molecule has 0 amide bonds. The molecule has 2 saturated carbocycles. The van der Waals surface area contributed by atoms with Crippen LogP contribution in [0, 0.1) is 10.8 Å². The number of nitrogens with two attached hydrogens (primary N) is 2. The van der Waals surface area contributed by atoms with Crippen LogP contribution in [0.25, 0.3) is 0 Å². The summed E-state index contributed by atoms with van der Waals surface area (Å²) < 4.78 is 29.0. The lowest BCUT2D eigenvalue weighted by molar-refractivity contribution is 0.133. The van der Waals surface area contributed by atoms with E-state index in [1.807, 2.05) is 17.0 Å². The first kappa shape index (κ1) is 22.7. The molecule has 2 aliphatic heterocycles. The SMILES string of the molecule is CC1(C)CC2CC(C)(CN2S(=O)(=O)c2ccc(N3C(N)=NC(N)=NC34CCCCC4)cc2)C1. The van der Waals surface area contributed by atoms with Gasteiger partial charge in [-0.3, -0.25) is 4.90 Å². The van der Waals surface area contributed by atoms with Crippen LogP contribution in [0.4, 0.5) is 5.69 Å². The molecule has 2 bridgehead atoms. The summed E-state index contributed by atoms with van der Waals surface area (Å²) in [5, 5.41) is 0. The number of anilines is 1. The molecule has 1 aromatic rings. The van der Waals surface area contributed by atoms with E-state index in [0.717, 1.165) is 57.1 Å². The monoisotopic (exact) mass is 472 g/mol. The summed E-state index contributed by atoms with van der Waals surface area (Å²) in [6.07, 6.45) is 7.82. The highest BCUT2D eigenvalue weighted by atomic mass is 32.2. The van der Waals surface area contributed by atoms with Gasteiger partial charge in [0, 0.05) is 18.3 Å². The molecule has 3 fully saturated rings. The van der Waals surface area contributed by atoms with Crippen molar-refractivity contribution in [2.45, 2.75) is 88.7 Å². The zero-order chi connectivity index (χ0) is 23.6. The molecule has 180 valence electrons. The van der Waals surface area contributed by atoms with E-state index >= 15 is 0 Å². The van der Waals surface area contributed by atoms with Crippen LogP contribution in [0.2, 0.25) is 0 Å². The minimum absolute atomic E-state index is 0.0451. The molecular formula is C24H36N6O2S. The van der Waals surface area contributed by atoms with Crippen LogP contribution in [0.3, 0.4) is 0 Å². The van der Waals surface area contributed by atoms with Gasteiger partial charge in [0.15, 0.2) is 0 Å². The Kier molecular flexibility index (Phi) is 5.10. The fraction of sp³-hybridized carbons (Fsp3) is 0.667. The first-order valence-electron chi connectivity index (χ1n) is 12.0. The second-order valence-electron chi connectivity index (χ2n) is 11.6. The molecule has 5 rings (SSSR count). The second-order valence-corrected chi connectivity index (χ2v) is 13.5. The number of hydrogen-bond donors (Lipinski definition) is 2. The highest BCUT2D eigenvalue weighted by Gasteiger charge is 2.53. The van der Waals surface area contributed by atoms with Crippen molar-refractivity contribution in [1.29, 1.82) is 0 Å². The van der Waals surface area contributed by atoms with E-state index in [2.05, 4.69) is 25.8 Å². The number of aliphatic imine (C=N–C) groups is 2. The van der Waals surface area contributed by atoms with E-state index in [-0.39, 0.29) is 22.8 Å². The Hall–Kier alpha value is -2.13. The fourth-order valence-corrected chi connectivity index (χ4v) is 8.86. The Morgan fingerprint density at radius 1 is 1.00 bits per heavy atom. The zero-order valence-electron chi connectivity index (χ0n) is 19.9. The number of fused-ring (bicyclic) bond motifs is 2. The van der Waals surface area contributed by atoms with Gasteiger partial charge in [0.25, 0.3) is 0 Å². The van der Waals surface area contributed by atoms with Gasteiger partial charge in [0.1, 0.15) is 5.66 Å². The molecule has 9 heteroatoms. The summed E-state index contributed by atoms with van der Waals surface area (Å²) in [6, 6.07) is 7.13. The second kappa shape index (κ2) is 7.43. The standard InChI is InChI=1S/C24H36N6O2S/c1-22(2)13-18-14-23(3,15-22)16-29(18)33(31,32)19-9-7-17(8-10-19)30-21(26)27-20(25)28-24(30)11-5-4-6-12-24/h7-10,18H,4-6,11-16H2,1-3H3,(H4,25,26,27,28). The van der Waals surface area contributed by atoms with E-state index in [9.17, 15) is 8.42 Å². The maximum Gasteiger partial charge on any atom is 0.243 e. The van der Waals surface area contributed by atoms with Crippen molar-refractivity contribution in [2.75, 3.05) is 11.4 Å². The van der Waals surface area contributed by atoms with Crippen molar-refractivity contribution in [3.8, 4) is 0 Å². The first-order valence-corrected chi connectivity index (χ1v) is 13.5. The molecule has 2 unspecified atom stereocenters. The third-order valence-electron chi connectivity index (χ3n) is 7.92. The number of nitrogens with zero attached hydrogens (tertiary/aromatic N) is 4. The number of hydrogen-bond acceptors (Lipinski definition) is 7. The zero-order valence-corrected chi connectivity index (χ0v) is 20.7. The average molecular weight is 473 g/mol. The van der Waals surface area contributed by atoms with Gasteiger partial charge in [-0.2, -0.15) is 9.30 Å². The molecule has 8 nitrogen and oxygen atoms in total. The fourth-order valence-electron chi connectivity index (χ4n) is 7.09. The Bertz CT molecular complexity index is 1100. The molecule has 4 aliphatic rings. The number of rotatable bonds is 3. The molecule has 1 aromatic carbocycles. The van der Waals surface area contributed by atoms with Crippen molar-refractivity contribution in [3.05, 3.63) is 24.3 Å². The Morgan fingerprint density at radius 2 is 1.67 bits per heavy atom. The van der Waals surface area contributed by atoms with Crippen LogP contribution >= 0.6 is 0 Å². The third-order valence-corrected chi connectivity index (χ3v) is 9.83. The largest absolute Gasteiger partial charge is 0.369 e. The van der Waals surface area contributed by atoms with Crippen LogP contribution in [-0.2, 0) is 10.0 Å². The van der Waals surface area contributed by atoms with Crippen molar-refractivity contribution in [1.82, 2.24) is 4.31 Å². The van der Waals surface area contributed by atoms with E-state index in [1.54, 1.807) is 16.4 Å². The predicted octanol–water partition coefficient (Wildman–Crippen LogP) is 3.39. The molecule has 0 aromatic heterocycles. The summed E-state index contributed by atoms with van der Waals surface area (Å²) in [5.74, 6) is 0.518. The molecule has 2 aliphatic carbocycles. The summed E-state index contributed by atoms with van der Waals surface area (Å²) >= 11 is 0. The highest BCUT2D eigenvalue weighted by molar-refractivity contribution is 7.89. The van der Waals surface area contributed by atoms with Crippen LogP contribution in [0.5, 0.6) is 0 Å². The Balaban J connectivity index is 1.45. The first-order chi connectivity index (χ1) is 15.4. The number of benzene rings is 1. The number of guanidine groups is 2. The normalized spacial score (nSPS) is 31.4. The van der Waals surface area contributed by atoms with Gasteiger partial charge in [0.05, 0.1) is 4.90 Å². The lowest BCUT2D eigenvalue weighted by Gasteiger charge is -2.45. The lowest BCUT2D eigenvalue weighted by Crippen LogP contribution is -2.58. The van der Waals surface area contributed by atoms with Gasteiger partial charge in [0.2, 0.25) is 21.9 Å². The van der Waals surface area contributed by atoms with Gasteiger partial charge in [-0.1, -0.05) is 27.2 Å². The summed E-state index contributed by atoms with van der Waals surface area (Å²) in [4.78, 5) is 11.2. The molecule has 0 radical (unpaired) electrons. The van der Waals surface area contributed by atoms with E-state index in [1.165, 1.54) is 0 Å². The third kappa shape index (κ3) is 3.83. The molecule has 1 saturated heterocycles. The summed E-state index contributed by atoms with van der Waals surface area (Å²) in [5.41, 5.74) is 12.7. The molecular weight excluding hydrogens is 436 g/mol. The van der Waals surface area contributed by atoms with Crippen molar-refractivity contribution in [2.24, 2.45) is 32.3 Å². The topological polar surface area (TPSA) is 117 Å². The van der Waals surface area contributed by atoms with Gasteiger partial charge in [-0.15, -0.1) is 0 Å². The average Bonchev–Trinajstić information content (AvgIpc) is 2.97. The summed E-state index contributed by atoms with van der Waals surface area (Å²) in [7, 11) is -3.58. The minimum atomic E-state index is -3.58. The van der Waals surface area contributed by atoms with Crippen molar-refractivity contribution in [3.63, 3.8) is 0 Å². The van der Waals surface area contributed by atoms with Crippen molar-refractivity contribution < 1.29 is 8.42 Å². The predicted molar refractivity (Wildman–Crippen MR) is 131 cm³/mol.